The summed E-state index contributed by atoms with van der Waals surface area (Å²) in [5.74, 6) is 0.247. The first-order valence-electron chi connectivity index (χ1n) is 8.85. The molecule has 1 aliphatic heterocycles. The highest BCUT2D eigenvalue weighted by molar-refractivity contribution is 7.09. The maximum atomic E-state index is 12.8. The van der Waals surface area contributed by atoms with Crippen LogP contribution in [0.1, 0.15) is 62.9 Å². The van der Waals surface area contributed by atoms with Crippen LogP contribution in [0.25, 0.3) is 0 Å². The molecule has 5 nitrogen and oxygen atoms in total. The first-order valence-corrected chi connectivity index (χ1v) is 9.73. The summed E-state index contributed by atoms with van der Waals surface area (Å²) in [6.07, 6.45) is 8.63. The number of carbonyl (C=O) groups excluding carboxylic acids is 1. The summed E-state index contributed by atoms with van der Waals surface area (Å²) in [7, 11) is 0. The van der Waals surface area contributed by atoms with Gasteiger partial charge in [-0.25, -0.2) is 9.78 Å². The standard InChI is InChI=1S/C17H27N3O2S/c1-2-13(16-18-9-11-23-16)19-17(22)20-10-5-7-14(20)12-6-3-4-8-15(12)21/h9,11-15,21H,2-8,10H2,1H3,(H,19,22)/t12-,13+,14-,15+/m1/s1. The molecule has 0 spiro atoms. The molecule has 1 saturated carbocycles. The smallest absolute Gasteiger partial charge is 0.318 e. The van der Waals surface area contributed by atoms with Crippen molar-refractivity contribution in [3.63, 3.8) is 0 Å². The van der Waals surface area contributed by atoms with Gasteiger partial charge in [0.25, 0.3) is 0 Å². The van der Waals surface area contributed by atoms with Gasteiger partial charge in [-0.05, 0) is 32.1 Å². The van der Waals surface area contributed by atoms with E-state index in [-0.39, 0.29) is 30.1 Å². The van der Waals surface area contributed by atoms with Gasteiger partial charge in [0.2, 0.25) is 0 Å². The number of likely N-dealkylation sites (tertiary alicyclic amines) is 1. The van der Waals surface area contributed by atoms with Gasteiger partial charge in [-0.15, -0.1) is 11.3 Å². The minimum absolute atomic E-state index is 0.00678. The van der Waals surface area contributed by atoms with Crippen LogP contribution in [-0.4, -0.2) is 39.7 Å². The van der Waals surface area contributed by atoms with Crippen molar-refractivity contribution in [2.75, 3.05) is 6.54 Å². The number of nitrogens with one attached hydrogen (secondary N) is 1. The SMILES string of the molecule is CC[C@H](NC(=O)N1CCC[C@@H]1[C@H]1CCCC[C@@H]1O)c1nccs1. The molecule has 1 saturated heterocycles. The van der Waals surface area contributed by atoms with Gasteiger partial charge in [-0.1, -0.05) is 19.8 Å². The topological polar surface area (TPSA) is 65.5 Å². The van der Waals surface area contributed by atoms with Gasteiger partial charge in [-0.2, -0.15) is 0 Å². The Morgan fingerprint density at radius 1 is 1.43 bits per heavy atom. The number of aliphatic hydroxyl groups is 1. The third kappa shape index (κ3) is 3.69. The number of rotatable bonds is 4. The van der Waals surface area contributed by atoms with Crippen LogP contribution in [0.3, 0.4) is 0 Å². The highest BCUT2D eigenvalue weighted by Gasteiger charge is 2.39. The fourth-order valence-electron chi connectivity index (χ4n) is 4.06. The molecule has 2 fully saturated rings. The second-order valence-electron chi connectivity index (χ2n) is 6.70. The van der Waals surface area contributed by atoms with Crippen molar-refractivity contribution in [1.82, 2.24) is 15.2 Å². The predicted molar refractivity (Wildman–Crippen MR) is 91.4 cm³/mol. The zero-order valence-electron chi connectivity index (χ0n) is 13.8. The van der Waals surface area contributed by atoms with Gasteiger partial charge in [0.1, 0.15) is 5.01 Å². The van der Waals surface area contributed by atoms with E-state index >= 15 is 0 Å². The van der Waals surface area contributed by atoms with Crippen LogP contribution in [0.5, 0.6) is 0 Å². The maximum absolute atomic E-state index is 12.8. The number of aromatic nitrogens is 1. The number of hydrogen-bond acceptors (Lipinski definition) is 4. The number of amides is 2. The molecule has 2 heterocycles. The molecule has 1 aliphatic carbocycles. The third-order valence-corrected chi connectivity index (χ3v) is 6.18. The number of hydrogen-bond donors (Lipinski definition) is 2. The van der Waals surface area contributed by atoms with Crippen molar-refractivity contribution in [3.05, 3.63) is 16.6 Å². The number of aliphatic hydroxyl groups excluding tert-OH is 1. The minimum Gasteiger partial charge on any atom is -0.393 e. The zero-order chi connectivity index (χ0) is 16.2. The largest absolute Gasteiger partial charge is 0.393 e. The van der Waals surface area contributed by atoms with E-state index < -0.39 is 0 Å². The van der Waals surface area contributed by atoms with E-state index in [1.165, 1.54) is 6.42 Å². The lowest BCUT2D eigenvalue weighted by molar-refractivity contribution is 0.0304. The summed E-state index contributed by atoms with van der Waals surface area (Å²) in [6.45, 7) is 2.87. The predicted octanol–water partition coefficient (Wildman–Crippen LogP) is 3.32. The van der Waals surface area contributed by atoms with Crippen LogP contribution in [0, 0.1) is 5.92 Å². The Kier molecular flexibility index (Phi) is 5.54. The van der Waals surface area contributed by atoms with Crippen LogP contribution in [0.15, 0.2) is 11.6 Å². The number of nitrogens with zero attached hydrogens (tertiary/aromatic N) is 2. The average Bonchev–Trinajstić information content (AvgIpc) is 3.24. The van der Waals surface area contributed by atoms with E-state index in [1.54, 1.807) is 17.5 Å². The summed E-state index contributed by atoms with van der Waals surface area (Å²) in [5, 5.41) is 16.4. The van der Waals surface area contributed by atoms with Crippen LogP contribution in [0.2, 0.25) is 0 Å². The van der Waals surface area contributed by atoms with E-state index in [1.807, 2.05) is 10.3 Å². The minimum atomic E-state index is -0.247. The van der Waals surface area contributed by atoms with Crippen molar-refractivity contribution < 1.29 is 9.90 Å². The second kappa shape index (κ2) is 7.62. The molecule has 0 radical (unpaired) electrons. The van der Waals surface area contributed by atoms with Crippen molar-refractivity contribution >= 4 is 17.4 Å². The molecule has 2 aliphatic rings. The Balaban J connectivity index is 1.65. The fourth-order valence-corrected chi connectivity index (χ4v) is 4.83. The first-order chi connectivity index (χ1) is 11.2. The lowest BCUT2D eigenvalue weighted by atomic mass is 9.80. The molecule has 1 aromatic heterocycles. The van der Waals surface area contributed by atoms with E-state index in [9.17, 15) is 9.90 Å². The normalized spacial score (nSPS) is 29.5. The van der Waals surface area contributed by atoms with Crippen molar-refractivity contribution in [3.8, 4) is 0 Å². The van der Waals surface area contributed by atoms with Crippen LogP contribution < -0.4 is 5.32 Å². The van der Waals surface area contributed by atoms with Crippen LogP contribution >= 0.6 is 11.3 Å². The van der Waals surface area contributed by atoms with Gasteiger partial charge < -0.3 is 15.3 Å². The third-order valence-electron chi connectivity index (χ3n) is 5.29. The van der Waals surface area contributed by atoms with Gasteiger partial charge >= 0.3 is 6.03 Å². The van der Waals surface area contributed by atoms with Crippen LogP contribution in [0.4, 0.5) is 4.79 Å². The van der Waals surface area contributed by atoms with Crippen molar-refractivity contribution in [1.29, 1.82) is 0 Å². The molecule has 4 atom stereocenters. The highest BCUT2D eigenvalue weighted by Crippen LogP contribution is 2.35. The Hall–Kier alpha value is -1.14. The zero-order valence-corrected chi connectivity index (χ0v) is 14.6. The summed E-state index contributed by atoms with van der Waals surface area (Å²) < 4.78 is 0. The molecule has 0 aromatic carbocycles. The summed E-state index contributed by atoms with van der Waals surface area (Å²) >= 11 is 1.59. The van der Waals surface area contributed by atoms with E-state index in [2.05, 4.69) is 17.2 Å². The molecule has 2 N–H and O–H groups in total. The fraction of sp³-hybridized carbons (Fsp3) is 0.765. The summed E-state index contributed by atoms with van der Waals surface area (Å²) in [6, 6.07) is 0.187. The Morgan fingerprint density at radius 3 is 2.96 bits per heavy atom. The molecule has 1 aromatic rings. The van der Waals surface area contributed by atoms with Crippen molar-refractivity contribution in [2.24, 2.45) is 5.92 Å². The monoisotopic (exact) mass is 337 g/mol. The quantitative estimate of drug-likeness (QED) is 0.886. The second-order valence-corrected chi connectivity index (χ2v) is 7.63. The van der Waals surface area contributed by atoms with Gasteiger partial charge in [0, 0.05) is 30.1 Å². The first kappa shape index (κ1) is 16.7. The Labute approximate surface area is 142 Å². The maximum Gasteiger partial charge on any atom is 0.318 e. The summed E-state index contributed by atoms with van der Waals surface area (Å²) in [5.41, 5.74) is 0. The molecule has 0 bridgehead atoms. The van der Waals surface area contributed by atoms with E-state index in [0.29, 0.717) is 0 Å². The molecule has 6 heteroatoms. The Morgan fingerprint density at radius 2 is 2.26 bits per heavy atom. The molecule has 2 amide bonds. The van der Waals surface area contributed by atoms with Crippen molar-refractivity contribution in [2.45, 2.75) is 70.1 Å². The summed E-state index contributed by atoms with van der Waals surface area (Å²) in [4.78, 5) is 19.1. The van der Waals surface area contributed by atoms with Gasteiger partial charge in [0.05, 0.1) is 12.1 Å². The lowest BCUT2D eigenvalue weighted by Crippen LogP contribution is -2.49. The van der Waals surface area contributed by atoms with Crippen LogP contribution in [-0.2, 0) is 0 Å². The Bertz CT molecular complexity index is 508. The lowest BCUT2D eigenvalue weighted by Gasteiger charge is -2.37. The highest BCUT2D eigenvalue weighted by atomic mass is 32.1. The molecule has 128 valence electrons. The number of thiazole rings is 1. The molecular formula is C17H27N3O2S. The number of urea groups is 1. The average molecular weight is 337 g/mol. The molecule has 23 heavy (non-hydrogen) atoms. The molecular weight excluding hydrogens is 310 g/mol. The van der Waals surface area contributed by atoms with E-state index in [0.717, 1.165) is 50.1 Å². The molecule has 3 rings (SSSR count). The van der Waals surface area contributed by atoms with Gasteiger partial charge in [0.15, 0.2) is 0 Å². The number of carbonyl (C=O) groups is 1. The van der Waals surface area contributed by atoms with E-state index in [4.69, 9.17) is 0 Å². The van der Waals surface area contributed by atoms with Gasteiger partial charge in [-0.3, -0.25) is 0 Å². The molecule has 0 unspecified atom stereocenters.